The van der Waals surface area contributed by atoms with Crippen LogP contribution < -0.4 is 0 Å². The van der Waals surface area contributed by atoms with Crippen molar-refractivity contribution in [1.82, 2.24) is 4.90 Å². The zero-order valence-electron chi connectivity index (χ0n) is 13.8. The summed E-state index contributed by atoms with van der Waals surface area (Å²) < 4.78 is 13.5. The molecule has 1 aliphatic heterocycles. The molecule has 0 bridgehead atoms. The highest BCUT2D eigenvalue weighted by atomic mass is 19.1. The highest BCUT2D eigenvalue weighted by Gasteiger charge is 2.28. The van der Waals surface area contributed by atoms with Gasteiger partial charge in [0, 0.05) is 19.5 Å². The number of carboxylic acid groups (broad SMARTS) is 1. The van der Waals surface area contributed by atoms with E-state index in [-0.39, 0.29) is 11.5 Å². The Morgan fingerprint density at radius 2 is 1.92 bits per heavy atom. The monoisotopic (exact) mass is 333 g/mol. The number of carbonyl (C=O) groups is 2. The summed E-state index contributed by atoms with van der Waals surface area (Å²) in [4.78, 5) is 25.4. The Bertz CT molecular complexity index is 625. The minimum absolute atomic E-state index is 0.259. The lowest BCUT2D eigenvalue weighted by Gasteiger charge is -2.19. The molecule has 5 heteroatoms. The van der Waals surface area contributed by atoms with Crippen molar-refractivity contribution in [1.29, 1.82) is 0 Å². The van der Waals surface area contributed by atoms with Crippen LogP contribution in [0.5, 0.6) is 0 Å². The van der Waals surface area contributed by atoms with Crippen molar-refractivity contribution in [3.8, 4) is 0 Å². The molecule has 1 N–H and O–H groups in total. The van der Waals surface area contributed by atoms with Crippen molar-refractivity contribution < 1.29 is 19.1 Å². The van der Waals surface area contributed by atoms with E-state index in [9.17, 15) is 14.0 Å². The van der Waals surface area contributed by atoms with E-state index in [1.165, 1.54) is 37.8 Å². The normalized spacial score (nSPS) is 21.4. The molecule has 1 heterocycles. The molecule has 1 saturated carbocycles. The number of hydrogen-bond donors (Lipinski definition) is 1. The first kappa shape index (κ1) is 16.9. The molecule has 2 fully saturated rings. The predicted molar refractivity (Wildman–Crippen MR) is 88.3 cm³/mol. The summed E-state index contributed by atoms with van der Waals surface area (Å²) in [7, 11) is 0. The van der Waals surface area contributed by atoms with Crippen LogP contribution >= 0.6 is 0 Å². The topological polar surface area (TPSA) is 57.6 Å². The van der Waals surface area contributed by atoms with Gasteiger partial charge in [-0.1, -0.05) is 18.9 Å². The van der Waals surface area contributed by atoms with Crippen LogP contribution in [0.1, 0.15) is 54.4 Å². The van der Waals surface area contributed by atoms with Gasteiger partial charge in [-0.15, -0.1) is 0 Å². The Morgan fingerprint density at radius 3 is 2.62 bits per heavy atom. The first-order chi connectivity index (χ1) is 11.5. The number of likely N-dealkylation sites (tertiary alicyclic amines) is 1. The molecule has 1 unspecified atom stereocenters. The summed E-state index contributed by atoms with van der Waals surface area (Å²) in [6, 6.07) is 4.28. The molecular weight excluding hydrogens is 309 g/mol. The summed E-state index contributed by atoms with van der Waals surface area (Å²) >= 11 is 0. The Kier molecular flexibility index (Phi) is 5.17. The molecule has 1 aliphatic carbocycles. The highest BCUT2D eigenvalue weighted by molar-refractivity contribution is 5.88. The molecule has 1 atom stereocenters. The Hall–Kier alpha value is -1.91. The van der Waals surface area contributed by atoms with Crippen LogP contribution in [-0.4, -0.2) is 35.0 Å². The van der Waals surface area contributed by atoms with E-state index in [0.717, 1.165) is 25.1 Å². The SMILES string of the molecule is O=C(O)c1cc(CC2CCN(C(=O)CC3CCCC3)C2)ccc1F. The van der Waals surface area contributed by atoms with Crippen molar-refractivity contribution >= 4 is 11.9 Å². The van der Waals surface area contributed by atoms with E-state index < -0.39 is 11.8 Å². The van der Waals surface area contributed by atoms with Gasteiger partial charge in [0.25, 0.3) is 0 Å². The van der Waals surface area contributed by atoms with Crippen molar-refractivity contribution in [3.05, 3.63) is 35.1 Å². The van der Waals surface area contributed by atoms with E-state index >= 15 is 0 Å². The molecular formula is C19H24FNO3. The third-order valence-corrected chi connectivity index (χ3v) is 5.36. The van der Waals surface area contributed by atoms with E-state index in [1.54, 1.807) is 6.07 Å². The third kappa shape index (κ3) is 3.94. The second-order valence-corrected chi connectivity index (χ2v) is 7.17. The standard InChI is InChI=1S/C19H24FNO3/c20-17-6-5-14(10-16(17)19(23)24)9-15-7-8-21(12-15)18(22)11-13-3-1-2-4-13/h5-6,10,13,15H,1-4,7-9,11-12H2,(H,23,24). The van der Waals surface area contributed by atoms with E-state index in [1.807, 2.05) is 4.90 Å². The van der Waals surface area contributed by atoms with Crippen LogP contribution in [-0.2, 0) is 11.2 Å². The summed E-state index contributed by atoms with van der Waals surface area (Å²) in [5.41, 5.74) is 0.545. The second-order valence-electron chi connectivity index (χ2n) is 7.17. The molecule has 2 aliphatic rings. The smallest absolute Gasteiger partial charge is 0.338 e. The molecule has 1 aromatic rings. The lowest BCUT2D eigenvalue weighted by Crippen LogP contribution is -2.30. The number of carbonyl (C=O) groups excluding carboxylic acids is 1. The molecule has 130 valence electrons. The summed E-state index contributed by atoms with van der Waals surface area (Å²) in [6.45, 7) is 1.51. The van der Waals surface area contributed by atoms with Crippen molar-refractivity contribution in [3.63, 3.8) is 0 Å². The van der Waals surface area contributed by atoms with Crippen LogP contribution in [0.25, 0.3) is 0 Å². The van der Waals surface area contributed by atoms with Crippen LogP contribution in [0, 0.1) is 17.7 Å². The first-order valence-corrected chi connectivity index (χ1v) is 8.82. The van der Waals surface area contributed by atoms with Gasteiger partial charge in [0.05, 0.1) is 5.56 Å². The zero-order chi connectivity index (χ0) is 17.1. The highest BCUT2D eigenvalue weighted by Crippen LogP contribution is 2.29. The lowest BCUT2D eigenvalue weighted by atomic mass is 9.97. The zero-order valence-corrected chi connectivity index (χ0v) is 13.8. The predicted octanol–water partition coefficient (Wildman–Crippen LogP) is 3.50. The maximum atomic E-state index is 13.5. The van der Waals surface area contributed by atoms with E-state index in [4.69, 9.17) is 5.11 Å². The van der Waals surface area contributed by atoms with Gasteiger partial charge in [-0.05, 0) is 55.2 Å². The molecule has 4 nitrogen and oxygen atoms in total. The van der Waals surface area contributed by atoms with Gasteiger partial charge in [0.15, 0.2) is 0 Å². The van der Waals surface area contributed by atoms with Crippen molar-refractivity contribution in [2.24, 2.45) is 11.8 Å². The summed E-state index contributed by atoms with van der Waals surface area (Å²) in [5.74, 6) is -0.800. The van der Waals surface area contributed by atoms with Gasteiger partial charge >= 0.3 is 5.97 Å². The maximum absolute atomic E-state index is 13.5. The maximum Gasteiger partial charge on any atom is 0.338 e. The minimum Gasteiger partial charge on any atom is -0.478 e. The summed E-state index contributed by atoms with van der Waals surface area (Å²) in [6.07, 6.45) is 7.14. The molecule has 0 aromatic heterocycles. The van der Waals surface area contributed by atoms with E-state index in [2.05, 4.69) is 0 Å². The molecule has 0 radical (unpaired) electrons. The van der Waals surface area contributed by atoms with Crippen LogP contribution in [0.3, 0.4) is 0 Å². The van der Waals surface area contributed by atoms with Gasteiger partial charge in [0.1, 0.15) is 5.82 Å². The van der Waals surface area contributed by atoms with Crippen LogP contribution in [0.2, 0.25) is 0 Å². The van der Waals surface area contributed by atoms with Gasteiger partial charge < -0.3 is 10.0 Å². The Morgan fingerprint density at radius 1 is 1.17 bits per heavy atom. The fourth-order valence-electron chi connectivity index (χ4n) is 4.01. The largest absolute Gasteiger partial charge is 0.478 e. The first-order valence-electron chi connectivity index (χ1n) is 8.82. The average molecular weight is 333 g/mol. The van der Waals surface area contributed by atoms with Crippen LogP contribution in [0.15, 0.2) is 18.2 Å². The average Bonchev–Trinajstić information content (AvgIpc) is 3.20. The number of aromatic carboxylic acids is 1. The fraction of sp³-hybridized carbons (Fsp3) is 0.579. The van der Waals surface area contributed by atoms with Gasteiger partial charge in [-0.3, -0.25) is 4.79 Å². The Labute approximate surface area is 141 Å². The van der Waals surface area contributed by atoms with Gasteiger partial charge in [0.2, 0.25) is 5.91 Å². The number of hydrogen-bond acceptors (Lipinski definition) is 2. The minimum atomic E-state index is -1.24. The molecule has 1 aromatic carbocycles. The number of benzene rings is 1. The third-order valence-electron chi connectivity index (χ3n) is 5.36. The molecule has 1 amide bonds. The Balaban J connectivity index is 1.55. The number of nitrogens with zero attached hydrogens (tertiary/aromatic N) is 1. The molecule has 3 rings (SSSR count). The van der Waals surface area contributed by atoms with Gasteiger partial charge in [-0.25, -0.2) is 9.18 Å². The van der Waals surface area contributed by atoms with Crippen molar-refractivity contribution in [2.75, 3.05) is 13.1 Å². The van der Waals surface area contributed by atoms with Crippen LogP contribution in [0.4, 0.5) is 4.39 Å². The number of halogens is 1. The van der Waals surface area contributed by atoms with Crippen molar-refractivity contribution in [2.45, 2.75) is 44.9 Å². The number of carboxylic acids is 1. The molecule has 24 heavy (non-hydrogen) atoms. The second kappa shape index (κ2) is 7.32. The number of amides is 1. The fourth-order valence-corrected chi connectivity index (χ4v) is 4.01. The molecule has 0 spiro atoms. The van der Waals surface area contributed by atoms with Gasteiger partial charge in [-0.2, -0.15) is 0 Å². The lowest BCUT2D eigenvalue weighted by molar-refractivity contribution is -0.131. The summed E-state index contributed by atoms with van der Waals surface area (Å²) in [5, 5.41) is 9.01. The van der Waals surface area contributed by atoms with E-state index in [0.29, 0.717) is 24.7 Å². The number of rotatable bonds is 5. The molecule has 1 saturated heterocycles. The quantitative estimate of drug-likeness (QED) is 0.897.